The van der Waals surface area contributed by atoms with Gasteiger partial charge in [0.15, 0.2) is 14.6 Å². The molecule has 1 saturated heterocycles. The molecule has 2 atom stereocenters. The van der Waals surface area contributed by atoms with E-state index in [2.05, 4.69) is 11.0 Å². The summed E-state index contributed by atoms with van der Waals surface area (Å²) < 4.78 is 30.6. The molecular weight excluding hydrogens is 428 g/mol. The summed E-state index contributed by atoms with van der Waals surface area (Å²) in [6.45, 7) is 2.25. The van der Waals surface area contributed by atoms with Crippen LogP contribution in [0.4, 0.5) is 5.69 Å². The number of hydrogen-bond donors (Lipinski definition) is 2. The summed E-state index contributed by atoms with van der Waals surface area (Å²) in [4.78, 5) is 14.9. The summed E-state index contributed by atoms with van der Waals surface area (Å²) in [5.74, 6) is -0.387. The third-order valence-electron chi connectivity index (χ3n) is 6.38. The third-order valence-corrected chi connectivity index (χ3v) is 8.86. The van der Waals surface area contributed by atoms with Gasteiger partial charge in [0, 0.05) is 18.3 Å². The first-order chi connectivity index (χ1) is 15.3. The highest BCUT2D eigenvalue weighted by atomic mass is 32.2. The van der Waals surface area contributed by atoms with Crippen LogP contribution >= 0.6 is 0 Å². The molecular formula is C24H26N2O5S. The van der Waals surface area contributed by atoms with Crippen LogP contribution in [-0.2, 0) is 14.6 Å². The van der Waals surface area contributed by atoms with E-state index in [4.69, 9.17) is 4.74 Å². The standard InChI is InChI=1S/C24H26N2O5S/c1-17-16-24(23(27)25-28,32(29,30)22-11-9-21(31-2)10-12-22)13-14-26(17)20-8-7-18-5-3-4-6-19(18)15-20/h3-12,15,17,28H,13-14,16H2,1-2H3,(H,25,27). The highest BCUT2D eigenvalue weighted by molar-refractivity contribution is 7.93. The monoisotopic (exact) mass is 454 g/mol. The van der Waals surface area contributed by atoms with Crippen LogP contribution < -0.4 is 15.1 Å². The predicted octanol–water partition coefficient (Wildman–Crippen LogP) is 3.56. The van der Waals surface area contributed by atoms with Gasteiger partial charge in [-0.3, -0.25) is 10.0 Å². The highest BCUT2D eigenvalue weighted by Gasteiger charge is 2.54. The molecule has 0 saturated carbocycles. The van der Waals surface area contributed by atoms with Gasteiger partial charge in [-0.25, -0.2) is 13.9 Å². The second-order valence-corrected chi connectivity index (χ2v) is 10.4. The van der Waals surface area contributed by atoms with Crippen molar-refractivity contribution in [2.45, 2.75) is 35.4 Å². The summed E-state index contributed by atoms with van der Waals surface area (Å²) in [5, 5.41) is 11.6. The predicted molar refractivity (Wildman–Crippen MR) is 123 cm³/mol. The molecule has 3 aromatic carbocycles. The van der Waals surface area contributed by atoms with Gasteiger partial charge in [-0.05, 0) is 66.9 Å². The Morgan fingerprint density at radius 1 is 1.09 bits per heavy atom. The molecule has 3 aromatic rings. The molecule has 0 aromatic heterocycles. The van der Waals surface area contributed by atoms with E-state index in [0.717, 1.165) is 16.5 Å². The molecule has 8 heteroatoms. The fourth-order valence-corrected chi connectivity index (χ4v) is 6.66. The van der Waals surface area contributed by atoms with Gasteiger partial charge in [-0.15, -0.1) is 0 Å². The zero-order chi connectivity index (χ0) is 22.9. The average Bonchev–Trinajstić information content (AvgIpc) is 2.83. The second-order valence-electron chi connectivity index (χ2n) is 8.14. The number of carbonyl (C=O) groups excluding carboxylic acids is 1. The molecule has 1 aliphatic heterocycles. The van der Waals surface area contributed by atoms with Gasteiger partial charge in [-0.1, -0.05) is 30.3 Å². The molecule has 32 heavy (non-hydrogen) atoms. The molecule has 1 aliphatic rings. The van der Waals surface area contributed by atoms with E-state index in [9.17, 15) is 18.4 Å². The van der Waals surface area contributed by atoms with Gasteiger partial charge >= 0.3 is 0 Å². The largest absolute Gasteiger partial charge is 0.497 e. The smallest absolute Gasteiger partial charge is 0.265 e. The number of amides is 1. The maximum Gasteiger partial charge on any atom is 0.265 e. The van der Waals surface area contributed by atoms with Crippen molar-refractivity contribution in [3.8, 4) is 5.75 Å². The van der Waals surface area contributed by atoms with Crippen molar-refractivity contribution in [2.24, 2.45) is 0 Å². The zero-order valence-corrected chi connectivity index (χ0v) is 18.8. The lowest BCUT2D eigenvalue weighted by atomic mass is 9.89. The number of ether oxygens (including phenoxy) is 1. The van der Waals surface area contributed by atoms with E-state index in [1.165, 1.54) is 19.2 Å². The molecule has 1 heterocycles. The number of fused-ring (bicyclic) bond motifs is 1. The van der Waals surface area contributed by atoms with Crippen molar-refractivity contribution < 1.29 is 23.2 Å². The summed E-state index contributed by atoms with van der Waals surface area (Å²) >= 11 is 0. The number of benzene rings is 3. The van der Waals surface area contributed by atoms with Gasteiger partial charge in [-0.2, -0.15) is 0 Å². The fraction of sp³-hybridized carbons (Fsp3) is 0.292. The third kappa shape index (κ3) is 3.59. The van der Waals surface area contributed by atoms with Crippen LogP contribution in [0.1, 0.15) is 19.8 Å². The fourth-order valence-electron chi connectivity index (χ4n) is 4.60. The average molecular weight is 455 g/mol. The van der Waals surface area contributed by atoms with Crippen molar-refractivity contribution in [2.75, 3.05) is 18.6 Å². The van der Waals surface area contributed by atoms with Crippen LogP contribution in [0.2, 0.25) is 0 Å². The van der Waals surface area contributed by atoms with E-state index in [1.54, 1.807) is 17.6 Å². The minimum Gasteiger partial charge on any atom is -0.497 e. The first-order valence-electron chi connectivity index (χ1n) is 10.4. The number of sulfone groups is 1. The second kappa shape index (κ2) is 8.44. The number of rotatable bonds is 5. The number of nitrogens with one attached hydrogen (secondary N) is 1. The van der Waals surface area contributed by atoms with Gasteiger partial charge in [0.05, 0.1) is 12.0 Å². The van der Waals surface area contributed by atoms with E-state index in [0.29, 0.717) is 12.3 Å². The molecule has 4 rings (SSSR count). The van der Waals surface area contributed by atoms with Crippen LogP contribution in [0.3, 0.4) is 0 Å². The minimum absolute atomic E-state index is 0.0215. The molecule has 2 N–H and O–H groups in total. The number of nitrogens with zero attached hydrogens (tertiary/aromatic N) is 1. The Hall–Kier alpha value is -3.10. The number of hydroxylamine groups is 1. The Kier molecular flexibility index (Phi) is 5.83. The molecule has 1 amide bonds. The number of anilines is 1. The quantitative estimate of drug-likeness (QED) is 0.452. The van der Waals surface area contributed by atoms with Crippen molar-refractivity contribution >= 4 is 32.2 Å². The molecule has 0 aliphatic carbocycles. The lowest BCUT2D eigenvalue weighted by Crippen LogP contribution is -2.60. The summed E-state index contributed by atoms with van der Waals surface area (Å²) in [6.07, 6.45) is 0.0888. The number of piperidine rings is 1. The summed E-state index contributed by atoms with van der Waals surface area (Å²) in [6, 6.07) is 19.9. The molecule has 0 spiro atoms. The van der Waals surface area contributed by atoms with E-state index >= 15 is 0 Å². The summed E-state index contributed by atoms with van der Waals surface area (Å²) in [5.41, 5.74) is 2.58. The lowest BCUT2D eigenvalue weighted by molar-refractivity contribution is -0.132. The Bertz CT molecular complexity index is 1240. The first kappa shape index (κ1) is 22.1. The van der Waals surface area contributed by atoms with Gasteiger partial charge < -0.3 is 9.64 Å². The Morgan fingerprint density at radius 3 is 2.41 bits per heavy atom. The first-order valence-corrected chi connectivity index (χ1v) is 11.9. The van der Waals surface area contributed by atoms with Crippen LogP contribution in [0, 0.1) is 0 Å². The molecule has 7 nitrogen and oxygen atoms in total. The highest BCUT2D eigenvalue weighted by Crippen LogP contribution is 2.40. The topological polar surface area (TPSA) is 95.9 Å². The van der Waals surface area contributed by atoms with Gasteiger partial charge in [0.25, 0.3) is 5.91 Å². The van der Waals surface area contributed by atoms with Crippen LogP contribution in [0.5, 0.6) is 5.75 Å². The minimum atomic E-state index is -4.09. The Morgan fingerprint density at radius 2 is 1.78 bits per heavy atom. The lowest BCUT2D eigenvalue weighted by Gasteiger charge is -2.44. The Labute approximate surface area is 187 Å². The maximum atomic E-state index is 13.6. The van der Waals surface area contributed by atoms with Crippen molar-refractivity contribution in [1.82, 2.24) is 5.48 Å². The van der Waals surface area contributed by atoms with Gasteiger partial charge in [0.1, 0.15) is 5.75 Å². The van der Waals surface area contributed by atoms with E-state index in [-0.39, 0.29) is 23.8 Å². The van der Waals surface area contributed by atoms with E-state index in [1.807, 2.05) is 43.3 Å². The van der Waals surface area contributed by atoms with Crippen molar-refractivity contribution in [3.05, 3.63) is 66.7 Å². The van der Waals surface area contributed by atoms with Gasteiger partial charge in [0.2, 0.25) is 0 Å². The zero-order valence-electron chi connectivity index (χ0n) is 18.0. The number of methoxy groups -OCH3 is 1. The normalized spacial score (nSPS) is 21.3. The SMILES string of the molecule is COc1ccc(S(=O)(=O)C2(C(=O)NO)CCN(c3ccc4ccccc4c3)C(C)C2)cc1. The van der Waals surface area contributed by atoms with Crippen molar-refractivity contribution in [3.63, 3.8) is 0 Å². The number of carbonyl (C=O) groups is 1. The number of hydrogen-bond acceptors (Lipinski definition) is 6. The Balaban J connectivity index is 1.69. The molecule has 0 bridgehead atoms. The molecule has 2 unspecified atom stereocenters. The van der Waals surface area contributed by atoms with Crippen LogP contribution in [0.25, 0.3) is 10.8 Å². The molecule has 1 fully saturated rings. The summed E-state index contributed by atoms with van der Waals surface area (Å²) in [7, 11) is -2.59. The molecule has 0 radical (unpaired) electrons. The van der Waals surface area contributed by atoms with Crippen LogP contribution in [0.15, 0.2) is 71.6 Å². The van der Waals surface area contributed by atoms with Crippen LogP contribution in [-0.4, -0.2) is 44.0 Å². The molecule has 168 valence electrons. The maximum absolute atomic E-state index is 13.6. The van der Waals surface area contributed by atoms with Crippen molar-refractivity contribution in [1.29, 1.82) is 0 Å². The van der Waals surface area contributed by atoms with E-state index < -0.39 is 20.5 Å².